The number of benzene rings is 1. The highest BCUT2D eigenvalue weighted by Gasteiger charge is 2.29. The van der Waals surface area contributed by atoms with Crippen LogP contribution in [-0.2, 0) is 6.42 Å². The molecule has 8 heteroatoms. The number of nitrogens with zero attached hydrogens (tertiary/aromatic N) is 3. The number of anilines is 1. The molecular weight excluding hydrogens is 378 g/mol. The average molecular weight is 401 g/mol. The van der Waals surface area contributed by atoms with Crippen LogP contribution in [0.5, 0.6) is 0 Å². The van der Waals surface area contributed by atoms with Crippen LogP contribution in [0.1, 0.15) is 52.4 Å². The number of rotatable bonds is 7. The van der Waals surface area contributed by atoms with Crippen molar-refractivity contribution in [2.75, 3.05) is 12.4 Å². The number of amides is 1. The molecule has 0 radical (unpaired) electrons. The number of hydrogen-bond donors (Lipinski definition) is 4. The Morgan fingerprint density at radius 2 is 2.10 bits per heavy atom. The van der Waals surface area contributed by atoms with E-state index in [1.807, 2.05) is 37.5 Å². The summed E-state index contributed by atoms with van der Waals surface area (Å²) in [4.78, 5) is 25.6. The van der Waals surface area contributed by atoms with Gasteiger partial charge in [-0.15, -0.1) is 0 Å². The summed E-state index contributed by atoms with van der Waals surface area (Å²) < 4.78 is 0. The molecule has 0 spiro atoms. The van der Waals surface area contributed by atoms with Crippen LogP contribution in [0.15, 0.2) is 48.8 Å². The Morgan fingerprint density at radius 1 is 1.23 bits per heavy atom. The third-order valence-corrected chi connectivity index (χ3v) is 5.47. The van der Waals surface area contributed by atoms with Crippen molar-refractivity contribution in [3.63, 3.8) is 0 Å². The van der Waals surface area contributed by atoms with E-state index in [0.29, 0.717) is 18.0 Å². The van der Waals surface area contributed by atoms with E-state index in [-0.39, 0.29) is 11.9 Å². The van der Waals surface area contributed by atoms with Gasteiger partial charge in [0.15, 0.2) is 0 Å². The van der Waals surface area contributed by atoms with E-state index < -0.39 is 0 Å². The molecule has 4 N–H and O–H groups in total. The molecule has 1 aliphatic rings. The van der Waals surface area contributed by atoms with Gasteiger partial charge in [0, 0.05) is 48.7 Å². The fourth-order valence-electron chi connectivity index (χ4n) is 3.68. The second kappa shape index (κ2) is 7.62. The molecule has 1 aliphatic carbocycles. The maximum Gasteiger partial charge on any atom is 0.269 e. The fraction of sp³-hybridized carbons (Fsp3) is 0.273. The molecule has 5 rings (SSSR count). The lowest BCUT2D eigenvalue weighted by Crippen LogP contribution is -2.31. The predicted molar refractivity (Wildman–Crippen MR) is 114 cm³/mol. The zero-order valence-electron chi connectivity index (χ0n) is 16.6. The number of fused-ring (bicyclic) bond motifs is 1. The molecule has 1 aromatic carbocycles. The number of carbonyl (C=O) groups excluding carboxylic acids is 1. The average Bonchev–Trinajstić information content (AvgIpc) is 3.33. The number of carbonyl (C=O) groups is 1. The van der Waals surface area contributed by atoms with Crippen molar-refractivity contribution >= 4 is 22.6 Å². The molecule has 0 aliphatic heterocycles. The van der Waals surface area contributed by atoms with Gasteiger partial charge in [0.05, 0.1) is 11.7 Å². The molecule has 3 heterocycles. The van der Waals surface area contributed by atoms with E-state index in [1.165, 1.54) is 0 Å². The number of aromatic amines is 2. The Bertz CT molecular complexity index is 1180. The van der Waals surface area contributed by atoms with Crippen molar-refractivity contribution in [3.8, 4) is 0 Å². The van der Waals surface area contributed by atoms with E-state index in [0.717, 1.165) is 46.6 Å². The summed E-state index contributed by atoms with van der Waals surface area (Å²) >= 11 is 0. The second-order valence-electron chi connectivity index (χ2n) is 7.62. The van der Waals surface area contributed by atoms with Crippen molar-refractivity contribution in [1.82, 2.24) is 30.5 Å². The minimum Gasteiger partial charge on any atom is -0.373 e. The van der Waals surface area contributed by atoms with E-state index in [4.69, 9.17) is 4.98 Å². The van der Waals surface area contributed by atoms with Crippen molar-refractivity contribution in [1.29, 1.82) is 0 Å². The van der Waals surface area contributed by atoms with E-state index in [1.54, 1.807) is 12.3 Å². The number of nitrogens with one attached hydrogen (secondary N) is 4. The minimum atomic E-state index is -0.312. The summed E-state index contributed by atoms with van der Waals surface area (Å²) in [5.74, 6) is 1.81. The number of hydrogen-bond acceptors (Lipinski definition) is 5. The van der Waals surface area contributed by atoms with E-state index >= 15 is 0 Å². The zero-order chi connectivity index (χ0) is 20.5. The van der Waals surface area contributed by atoms with Gasteiger partial charge < -0.3 is 15.6 Å². The SMILES string of the molecule is CNc1cc([C@@H](Cc2c[nH]c3ccccc23)NC(=O)c2ccn[nH]2)nc(C2CC2)n1. The zero-order valence-corrected chi connectivity index (χ0v) is 16.6. The van der Waals surface area contributed by atoms with E-state index in [9.17, 15) is 4.79 Å². The van der Waals surface area contributed by atoms with Crippen LogP contribution in [0.4, 0.5) is 5.82 Å². The van der Waals surface area contributed by atoms with Crippen LogP contribution in [0.25, 0.3) is 10.9 Å². The third kappa shape index (κ3) is 3.63. The highest BCUT2D eigenvalue weighted by Crippen LogP contribution is 2.39. The predicted octanol–water partition coefficient (Wildman–Crippen LogP) is 3.31. The van der Waals surface area contributed by atoms with Crippen LogP contribution in [0.2, 0.25) is 0 Å². The first-order valence-electron chi connectivity index (χ1n) is 10.1. The maximum atomic E-state index is 12.8. The fourth-order valence-corrected chi connectivity index (χ4v) is 3.68. The molecule has 152 valence electrons. The van der Waals surface area contributed by atoms with Crippen molar-refractivity contribution in [2.24, 2.45) is 0 Å². The number of H-pyrrole nitrogens is 2. The Kier molecular flexibility index (Phi) is 4.66. The molecule has 0 saturated heterocycles. The topological polar surface area (TPSA) is 111 Å². The summed E-state index contributed by atoms with van der Waals surface area (Å²) in [5, 5.41) is 14.0. The van der Waals surface area contributed by atoms with Gasteiger partial charge in [-0.05, 0) is 30.5 Å². The van der Waals surface area contributed by atoms with Gasteiger partial charge in [-0.2, -0.15) is 5.10 Å². The van der Waals surface area contributed by atoms with Crippen LogP contribution < -0.4 is 10.6 Å². The molecule has 1 amide bonds. The lowest BCUT2D eigenvalue weighted by atomic mass is 10.0. The van der Waals surface area contributed by atoms with Gasteiger partial charge in [0.1, 0.15) is 17.3 Å². The Hall–Kier alpha value is -3.68. The lowest BCUT2D eigenvalue weighted by molar-refractivity contribution is 0.0930. The quantitative estimate of drug-likeness (QED) is 0.380. The van der Waals surface area contributed by atoms with Crippen LogP contribution >= 0.6 is 0 Å². The summed E-state index contributed by atoms with van der Waals surface area (Å²) in [6.45, 7) is 0. The normalized spacial score (nSPS) is 14.6. The van der Waals surface area contributed by atoms with Gasteiger partial charge >= 0.3 is 0 Å². The Labute approximate surface area is 173 Å². The molecule has 0 unspecified atom stereocenters. The molecular formula is C22H23N7O. The maximum absolute atomic E-state index is 12.8. The van der Waals surface area contributed by atoms with Crippen LogP contribution in [0.3, 0.4) is 0 Å². The van der Waals surface area contributed by atoms with Gasteiger partial charge in [-0.25, -0.2) is 9.97 Å². The highest BCUT2D eigenvalue weighted by molar-refractivity contribution is 5.92. The summed E-state index contributed by atoms with van der Waals surface area (Å²) in [6, 6.07) is 11.4. The largest absolute Gasteiger partial charge is 0.373 e. The molecule has 1 saturated carbocycles. The van der Waals surface area contributed by atoms with Crippen LogP contribution in [0, 0.1) is 0 Å². The number of para-hydroxylation sites is 1. The monoisotopic (exact) mass is 401 g/mol. The second-order valence-corrected chi connectivity index (χ2v) is 7.62. The third-order valence-electron chi connectivity index (χ3n) is 5.47. The van der Waals surface area contributed by atoms with Crippen molar-refractivity contribution < 1.29 is 4.79 Å². The highest BCUT2D eigenvalue weighted by atomic mass is 16.2. The summed E-state index contributed by atoms with van der Waals surface area (Å²) in [7, 11) is 1.85. The molecule has 30 heavy (non-hydrogen) atoms. The standard InChI is InChI=1S/C22H23N7O/c1-23-20-11-19(26-21(28-20)13-6-7-13)18(27-22(30)17-8-9-25-29-17)10-14-12-24-16-5-3-2-4-15(14)16/h2-5,8-9,11-13,18,24H,6-7,10H2,1H3,(H,25,29)(H,27,30)(H,23,26,28)/t18-/m1/s1. The summed E-state index contributed by atoms with van der Waals surface area (Å²) in [6.07, 6.45) is 6.40. The van der Waals surface area contributed by atoms with Gasteiger partial charge in [0.2, 0.25) is 0 Å². The van der Waals surface area contributed by atoms with Gasteiger partial charge in [0.25, 0.3) is 5.91 Å². The van der Waals surface area contributed by atoms with Crippen molar-refractivity contribution in [2.45, 2.75) is 31.2 Å². The smallest absolute Gasteiger partial charge is 0.269 e. The molecule has 1 atom stereocenters. The minimum absolute atomic E-state index is 0.213. The Morgan fingerprint density at radius 3 is 2.87 bits per heavy atom. The van der Waals surface area contributed by atoms with Crippen molar-refractivity contribution in [3.05, 3.63) is 71.6 Å². The molecule has 4 aromatic rings. The van der Waals surface area contributed by atoms with Gasteiger partial charge in [-0.1, -0.05) is 18.2 Å². The molecule has 3 aromatic heterocycles. The van der Waals surface area contributed by atoms with Crippen LogP contribution in [-0.4, -0.2) is 38.1 Å². The Balaban J connectivity index is 1.52. The first-order valence-corrected chi connectivity index (χ1v) is 10.1. The lowest BCUT2D eigenvalue weighted by Gasteiger charge is -2.19. The first-order chi connectivity index (χ1) is 14.7. The first kappa shape index (κ1) is 18.4. The number of aromatic nitrogens is 5. The summed E-state index contributed by atoms with van der Waals surface area (Å²) in [5.41, 5.74) is 3.42. The van der Waals surface area contributed by atoms with Gasteiger partial charge in [-0.3, -0.25) is 9.89 Å². The molecule has 1 fully saturated rings. The molecule has 8 nitrogen and oxygen atoms in total. The van der Waals surface area contributed by atoms with E-state index in [2.05, 4.69) is 36.9 Å². The molecule has 0 bridgehead atoms.